The number of likely N-dealkylation sites (tertiary alicyclic amines) is 1. The lowest BCUT2D eigenvalue weighted by Crippen LogP contribution is -2.44. The number of hydrogen-bond donors (Lipinski definition) is 2. The average molecular weight is 400 g/mol. The highest BCUT2D eigenvalue weighted by molar-refractivity contribution is 7.13. The number of nitrogens with zero attached hydrogens (tertiary/aromatic N) is 5. The second-order valence-corrected chi connectivity index (χ2v) is 8.51. The first kappa shape index (κ1) is 18.8. The molecule has 0 saturated carbocycles. The molecule has 3 aromatic heterocycles. The quantitative estimate of drug-likeness (QED) is 0.658. The number of piperidine rings is 1. The number of aryl methyl sites for hydroxylation is 2. The van der Waals surface area contributed by atoms with Crippen LogP contribution >= 0.6 is 11.3 Å². The largest absolute Gasteiger partial charge is 0.382 e. The predicted molar refractivity (Wildman–Crippen MR) is 110 cm³/mol. The Kier molecular flexibility index (Phi) is 5.54. The summed E-state index contributed by atoms with van der Waals surface area (Å²) in [6, 6.07) is 4.16. The van der Waals surface area contributed by atoms with Gasteiger partial charge in [0.25, 0.3) is 5.91 Å². The molecule has 0 atom stereocenters. The van der Waals surface area contributed by atoms with E-state index >= 15 is 0 Å². The van der Waals surface area contributed by atoms with Crippen LogP contribution in [0, 0.1) is 6.92 Å². The lowest BCUT2D eigenvalue weighted by Gasteiger charge is -2.32. The zero-order valence-electron chi connectivity index (χ0n) is 16.0. The van der Waals surface area contributed by atoms with Crippen LogP contribution in [0.15, 0.2) is 24.8 Å². The number of anilines is 1. The average Bonchev–Trinajstić information content (AvgIpc) is 3.31. The molecule has 1 aliphatic heterocycles. The lowest BCUT2D eigenvalue weighted by molar-refractivity contribution is 0.0914. The van der Waals surface area contributed by atoms with E-state index in [2.05, 4.69) is 25.2 Å². The van der Waals surface area contributed by atoms with Gasteiger partial charge in [0.05, 0.1) is 11.2 Å². The number of hydrogen-bond acceptors (Lipinski definition) is 7. The maximum Gasteiger partial charge on any atom is 0.261 e. The predicted octanol–water partition coefficient (Wildman–Crippen LogP) is 2.06. The van der Waals surface area contributed by atoms with E-state index in [0.717, 1.165) is 56.0 Å². The van der Waals surface area contributed by atoms with E-state index in [1.54, 1.807) is 17.7 Å². The van der Waals surface area contributed by atoms with Crippen molar-refractivity contribution >= 4 is 34.2 Å². The van der Waals surface area contributed by atoms with Gasteiger partial charge < -0.3 is 20.5 Å². The number of rotatable bonds is 6. The first-order valence-electron chi connectivity index (χ1n) is 9.61. The Labute approximate surface area is 167 Å². The number of nitrogen functional groups attached to an aromatic ring is 1. The molecule has 4 heterocycles. The van der Waals surface area contributed by atoms with Crippen molar-refractivity contribution < 1.29 is 4.79 Å². The maximum absolute atomic E-state index is 12.3. The first-order chi connectivity index (χ1) is 13.6. The summed E-state index contributed by atoms with van der Waals surface area (Å²) < 4.78 is 2.03. The molecular weight excluding hydrogens is 374 g/mol. The highest BCUT2D eigenvalue weighted by Gasteiger charge is 2.21. The molecule has 9 heteroatoms. The Balaban J connectivity index is 1.21. The molecule has 0 aromatic carbocycles. The summed E-state index contributed by atoms with van der Waals surface area (Å²) in [6.07, 6.45) is 6.26. The van der Waals surface area contributed by atoms with Crippen LogP contribution in [0.25, 0.3) is 11.2 Å². The van der Waals surface area contributed by atoms with E-state index in [0.29, 0.717) is 11.3 Å². The lowest BCUT2D eigenvalue weighted by atomic mass is 10.0. The minimum atomic E-state index is 0.0600. The Morgan fingerprint density at radius 3 is 2.82 bits per heavy atom. The van der Waals surface area contributed by atoms with Crippen LogP contribution in [-0.4, -0.2) is 56.0 Å². The summed E-state index contributed by atoms with van der Waals surface area (Å²) in [5.41, 5.74) is 7.29. The van der Waals surface area contributed by atoms with Crippen molar-refractivity contribution in [1.29, 1.82) is 0 Å². The van der Waals surface area contributed by atoms with Crippen molar-refractivity contribution in [2.75, 3.05) is 25.4 Å². The molecule has 3 aromatic rings. The molecule has 0 unspecified atom stereocenters. The molecule has 1 amide bonds. The van der Waals surface area contributed by atoms with Crippen LogP contribution in [0.3, 0.4) is 0 Å². The summed E-state index contributed by atoms with van der Waals surface area (Å²) in [5.74, 6) is 0.482. The highest BCUT2D eigenvalue weighted by atomic mass is 32.1. The first-order valence-corrected chi connectivity index (χ1v) is 10.4. The Morgan fingerprint density at radius 2 is 2.07 bits per heavy atom. The van der Waals surface area contributed by atoms with E-state index < -0.39 is 0 Å². The fourth-order valence-corrected chi connectivity index (χ4v) is 4.41. The number of nitrogens with two attached hydrogens (primary N) is 1. The number of amides is 1. The number of thiophene rings is 1. The van der Waals surface area contributed by atoms with Gasteiger partial charge in [-0.25, -0.2) is 15.0 Å². The highest BCUT2D eigenvalue weighted by Crippen LogP contribution is 2.18. The van der Waals surface area contributed by atoms with Gasteiger partial charge in [-0.2, -0.15) is 0 Å². The third-order valence-electron chi connectivity index (χ3n) is 5.19. The molecule has 148 valence electrons. The smallest absolute Gasteiger partial charge is 0.261 e. The van der Waals surface area contributed by atoms with Crippen molar-refractivity contribution in [3.05, 3.63) is 34.5 Å². The fourth-order valence-electron chi connectivity index (χ4n) is 3.64. The molecule has 8 nitrogen and oxygen atoms in total. The number of carbonyl (C=O) groups excluding carboxylic acids is 1. The van der Waals surface area contributed by atoms with E-state index in [-0.39, 0.29) is 11.9 Å². The van der Waals surface area contributed by atoms with Crippen molar-refractivity contribution in [3.63, 3.8) is 0 Å². The molecule has 0 spiro atoms. The second kappa shape index (κ2) is 8.24. The summed E-state index contributed by atoms with van der Waals surface area (Å²) in [5, 5.41) is 3.18. The Morgan fingerprint density at radius 1 is 1.25 bits per heavy atom. The van der Waals surface area contributed by atoms with Crippen LogP contribution in [-0.2, 0) is 6.54 Å². The topological polar surface area (TPSA) is 102 Å². The van der Waals surface area contributed by atoms with E-state index in [9.17, 15) is 4.79 Å². The zero-order valence-corrected chi connectivity index (χ0v) is 16.8. The summed E-state index contributed by atoms with van der Waals surface area (Å²) in [7, 11) is 0. The van der Waals surface area contributed by atoms with Crippen LogP contribution < -0.4 is 11.1 Å². The van der Waals surface area contributed by atoms with E-state index in [1.165, 1.54) is 11.2 Å². The molecule has 28 heavy (non-hydrogen) atoms. The molecule has 4 rings (SSSR count). The standard InChI is InChI=1S/C19H25N7OS/c1-13-3-4-15(28-13)19(27)24-14-5-9-25(10-6-14)7-2-8-26-12-23-16-17(20)21-11-22-18(16)26/h3-4,11-12,14H,2,5-10H2,1H3,(H,24,27)(H2,20,21,22). The number of fused-ring (bicyclic) bond motifs is 1. The molecule has 1 aliphatic rings. The van der Waals surface area contributed by atoms with Crippen molar-refractivity contribution in [3.8, 4) is 0 Å². The van der Waals surface area contributed by atoms with Crippen molar-refractivity contribution in [2.24, 2.45) is 0 Å². The van der Waals surface area contributed by atoms with Gasteiger partial charge in [0.1, 0.15) is 11.8 Å². The van der Waals surface area contributed by atoms with Crippen LogP contribution in [0.5, 0.6) is 0 Å². The molecular formula is C19H25N7OS. The van der Waals surface area contributed by atoms with Gasteiger partial charge in [-0.1, -0.05) is 0 Å². The third kappa shape index (κ3) is 4.15. The SMILES string of the molecule is Cc1ccc(C(=O)NC2CCN(CCCn3cnc4c(N)ncnc43)CC2)s1. The minimum absolute atomic E-state index is 0.0600. The van der Waals surface area contributed by atoms with Gasteiger partial charge >= 0.3 is 0 Å². The van der Waals surface area contributed by atoms with Crippen molar-refractivity contribution in [2.45, 2.75) is 38.8 Å². The van der Waals surface area contributed by atoms with Crippen LogP contribution in [0.4, 0.5) is 5.82 Å². The molecule has 0 bridgehead atoms. The minimum Gasteiger partial charge on any atom is -0.382 e. The summed E-state index contributed by atoms with van der Waals surface area (Å²) in [6.45, 7) is 5.91. The normalized spacial score (nSPS) is 15.9. The van der Waals surface area contributed by atoms with E-state index in [1.807, 2.05) is 23.6 Å². The van der Waals surface area contributed by atoms with Gasteiger partial charge in [0.2, 0.25) is 0 Å². The molecule has 0 aliphatic carbocycles. The van der Waals surface area contributed by atoms with Gasteiger partial charge in [0.15, 0.2) is 11.5 Å². The molecule has 1 fully saturated rings. The third-order valence-corrected chi connectivity index (χ3v) is 6.19. The Hall–Kier alpha value is -2.52. The van der Waals surface area contributed by atoms with Crippen LogP contribution in [0.1, 0.15) is 33.8 Å². The van der Waals surface area contributed by atoms with E-state index in [4.69, 9.17) is 5.73 Å². The van der Waals surface area contributed by atoms with Gasteiger partial charge in [-0.15, -0.1) is 11.3 Å². The summed E-state index contributed by atoms with van der Waals surface area (Å²) in [4.78, 5) is 29.3. The monoisotopic (exact) mass is 399 g/mol. The second-order valence-electron chi connectivity index (χ2n) is 7.22. The summed E-state index contributed by atoms with van der Waals surface area (Å²) >= 11 is 1.55. The molecule has 1 saturated heterocycles. The number of nitrogens with one attached hydrogen (secondary N) is 1. The Bertz CT molecular complexity index is 958. The zero-order chi connectivity index (χ0) is 19.5. The maximum atomic E-state index is 12.3. The van der Waals surface area contributed by atoms with Gasteiger partial charge in [-0.3, -0.25) is 4.79 Å². The van der Waals surface area contributed by atoms with Crippen molar-refractivity contribution in [1.82, 2.24) is 29.7 Å². The number of carbonyl (C=O) groups is 1. The molecule has 0 radical (unpaired) electrons. The van der Waals surface area contributed by atoms with Gasteiger partial charge in [0, 0.05) is 30.6 Å². The molecule has 3 N–H and O–H groups in total. The van der Waals surface area contributed by atoms with Gasteiger partial charge in [-0.05, 0) is 44.9 Å². The number of imidazole rings is 1. The number of aromatic nitrogens is 4. The van der Waals surface area contributed by atoms with Crippen LogP contribution in [0.2, 0.25) is 0 Å². The fraction of sp³-hybridized carbons (Fsp3) is 0.474.